The largest absolute Gasteiger partial charge is 0.872 e. The molecule has 0 saturated heterocycles. The molecule has 0 bridgehead atoms. The van der Waals surface area contributed by atoms with Gasteiger partial charge in [-0.15, -0.1) is 5.75 Å². The van der Waals surface area contributed by atoms with Crippen LogP contribution in [0.25, 0.3) is 33.1 Å². The summed E-state index contributed by atoms with van der Waals surface area (Å²) in [6, 6.07) is 10.6. The third-order valence-electron chi connectivity index (χ3n) is 6.31. The minimum Gasteiger partial charge on any atom is -0.872 e. The van der Waals surface area contributed by atoms with E-state index in [4.69, 9.17) is 10.7 Å². The summed E-state index contributed by atoms with van der Waals surface area (Å²) >= 11 is 3.51. The van der Waals surface area contributed by atoms with Gasteiger partial charge in [-0.1, -0.05) is 34.1 Å². The summed E-state index contributed by atoms with van der Waals surface area (Å²) in [7, 11) is 0. The van der Waals surface area contributed by atoms with Gasteiger partial charge in [-0.2, -0.15) is 0 Å². The molecule has 0 aliphatic rings. The highest BCUT2D eigenvalue weighted by Gasteiger charge is 2.27. The van der Waals surface area contributed by atoms with Crippen molar-refractivity contribution in [2.24, 2.45) is 0 Å². The number of aromatic amines is 5. The lowest BCUT2D eigenvalue weighted by Crippen LogP contribution is -2.04. The molecular weight excluding hydrogens is 510 g/mol. The molecule has 10 heteroatoms. The van der Waals surface area contributed by atoms with Gasteiger partial charge in [0.25, 0.3) is 0 Å². The molecule has 6 aromatic rings. The molecule has 7 N–H and O–H groups in total. The zero-order chi connectivity index (χ0) is 24.3. The first-order valence-electron chi connectivity index (χ1n) is 10.9. The highest BCUT2D eigenvalue weighted by atomic mass is 79.9. The fourth-order valence-corrected chi connectivity index (χ4v) is 4.86. The number of halogens is 1. The lowest BCUT2D eigenvalue weighted by molar-refractivity contribution is -0.358. The molecule has 1 unspecified atom stereocenters. The predicted molar refractivity (Wildman–Crippen MR) is 134 cm³/mol. The van der Waals surface area contributed by atoms with E-state index in [1.807, 2.05) is 31.3 Å². The van der Waals surface area contributed by atoms with Crippen LogP contribution in [0.5, 0.6) is 5.75 Å². The Kier molecular flexibility index (Phi) is 4.78. The van der Waals surface area contributed by atoms with E-state index < -0.39 is 0 Å². The lowest BCUT2D eigenvalue weighted by atomic mass is 9.99. The molecule has 2 aromatic carbocycles. The van der Waals surface area contributed by atoms with Crippen molar-refractivity contribution in [1.82, 2.24) is 24.9 Å². The Morgan fingerprint density at radius 3 is 2.66 bits per heavy atom. The van der Waals surface area contributed by atoms with E-state index in [0.717, 1.165) is 32.3 Å². The Balaban J connectivity index is 1.52. The zero-order valence-electron chi connectivity index (χ0n) is 18.5. The van der Waals surface area contributed by atoms with E-state index in [-0.39, 0.29) is 23.3 Å². The van der Waals surface area contributed by atoms with Crippen molar-refractivity contribution < 1.29 is 14.9 Å². The molecule has 6 rings (SSSR count). The minimum absolute atomic E-state index is 0.122. The number of nitrogens with zero attached hydrogens (tertiary/aromatic N) is 1. The van der Waals surface area contributed by atoms with Gasteiger partial charge >= 0.3 is 5.95 Å². The Morgan fingerprint density at radius 2 is 1.86 bits per heavy atom. The summed E-state index contributed by atoms with van der Waals surface area (Å²) in [5.41, 5.74) is 11.0. The van der Waals surface area contributed by atoms with Crippen LogP contribution in [0, 0.1) is 0 Å². The van der Waals surface area contributed by atoms with Gasteiger partial charge in [0.2, 0.25) is 5.78 Å². The standard InChI is InChI=1S/C25H20BrN7O2/c1-11(20-10-30-25(27)31-20)21-22(16-8-28-18-6-12(26)2-4-14(16)18)33-24(32-21)23(35)17-9-29-19-7-13(34)3-5-15(17)19/h2-11,28-29,34H,1H3,(H,32,33)(H3,27,30,31). The van der Waals surface area contributed by atoms with Crippen molar-refractivity contribution in [2.75, 3.05) is 5.73 Å². The molecule has 0 aliphatic heterocycles. The smallest absolute Gasteiger partial charge is 0.350 e. The van der Waals surface area contributed by atoms with Crippen LogP contribution < -0.4 is 15.8 Å². The van der Waals surface area contributed by atoms with E-state index in [2.05, 4.69) is 40.8 Å². The van der Waals surface area contributed by atoms with Crippen LogP contribution in [-0.4, -0.2) is 30.7 Å². The summed E-state index contributed by atoms with van der Waals surface area (Å²) in [6.07, 6.45) is 5.31. The second-order valence-corrected chi connectivity index (χ2v) is 9.40. The van der Waals surface area contributed by atoms with Crippen molar-refractivity contribution in [3.8, 4) is 17.0 Å². The molecular formula is C25H20BrN7O2. The van der Waals surface area contributed by atoms with Crippen LogP contribution in [0.3, 0.4) is 0 Å². The number of benzene rings is 2. The molecule has 0 amide bonds. The normalized spacial score (nSPS) is 12.5. The molecule has 4 heterocycles. The van der Waals surface area contributed by atoms with Crippen LogP contribution in [0.2, 0.25) is 0 Å². The third-order valence-corrected chi connectivity index (χ3v) is 6.80. The first kappa shape index (κ1) is 21.2. The van der Waals surface area contributed by atoms with Gasteiger partial charge in [-0.05, 0) is 25.1 Å². The minimum atomic E-state index is -0.269. The SMILES string of the molecule is CC(c1c[nH+]c(N)[nH]1)c1[nH]c(C(=O)c2c[nH]c3cc([O-])ccc23)nc1-c1c[nH]c2cc(Br)ccc12. The molecule has 0 spiro atoms. The number of H-pyrrole nitrogens is 5. The Morgan fingerprint density at radius 1 is 1.09 bits per heavy atom. The maximum absolute atomic E-state index is 13.6. The number of fused-ring (bicyclic) bond motifs is 2. The summed E-state index contributed by atoms with van der Waals surface area (Å²) in [5, 5.41) is 13.4. The van der Waals surface area contributed by atoms with E-state index >= 15 is 0 Å². The van der Waals surface area contributed by atoms with Crippen LogP contribution in [-0.2, 0) is 0 Å². The first-order chi connectivity index (χ1) is 16.9. The molecule has 174 valence electrons. The topological polar surface area (TPSA) is 156 Å². The number of nitrogen functional groups attached to an aromatic ring is 1. The van der Waals surface area contributed by atoms with Crippen molar-refractivity contribution >= 4 is 49.5 Å². The van der Waals surface area contributed by atoms with Gasteiger partial charge in [0.15, 0.2) is 5.82 Å². The molecule has 0 radical (unpaired) electrons. The molecule has 0 aliphatic carbocycles. The third kappa shape index (κ3) is 3.50. The van der Waals surface area contributed by atoms with E-state index in [0.29, 0.717) is 28.1 Å². The molecule has 0 saturated carbocycles. The van der Waals surface area contributed by atoms with Gasteiger partial charge in [-0.3, -0.25) is 10.5 Å². The Labute approximate surface area is 206 Å². The summed E-state index contributed by atoms with van der Waals surface area (Å²) in [5.74, 6) is 0.0955. The average Bonchev–Trinajstić information content (AvgIpc) is 3.62. The Bertz CT molecular complexity index is 1740. The van der Waals surface area contributed by atoms with Crippen molar-refractivity contribution in [2.45, 2.75) is 12.8 Å². The molecule has 35 heavy (non-hydrogen) atoms. The fourth-order valence-electron chi connectivity index (χ4n) is 4.50. The van der Waals surface area contributed by atoms with Crippen molar-refractivity contribution in [1.29, 1.82) is 0 Å². The van der Waals surface area contributed by atoms with Crippen molar-refractivity contribution in [3.05, 3.63) is 82.2 Å². The number of imidazole rings is 2. The van der Waals surface area contributed by atoms with Gasteiger partial charge in [0.05, 0.1) is 29.1 Å². The summed E-state index contributed by atoms with van der Waals surface area (Å²) in [4.78, 5) is 34.1. The molecule has 1 atom stereocenters. The zero-order valence-corrected chi connectivity index (χ0v) is 20.1. The first-order valence-corrected chi connectivity index (χ1v) is 11.7. The maximum Gasteiger partial charge on any atom is 0.350 e. The highest BCUT2D eigenvalue weighted by molar-refractivity contribution is 9.10. The number of anilines is 1. The number of carbonyl (C=O) groups is 1. The molecule has 0 fully saturated rings. The number of nitrogens with one attached hydrogen (secondary N) is 5. The number of hydrogen-bond donors (Lipinski definition) is 5. The number of aromatic nitrogens is 6. The van der Waals surface area contributed by atoms with Crippen LogP contribution >= 0.6 is 15.9 Å². The van der Waals surface area contributed by atoms with E-state index in [9.17, 15) is 9.90 Å². The lowest BCUT2D eigenvalue weighted by Gasteiger charge is -2.08. The van der Waals surface area contributed by atoms with Gasteiger partial charge in [-0.25, -0.2) is 15.0 Å². The number of carbonyl (C=O) groups excluding carboxylic acids is 1. The quantitative estimate of drug-likeness (QED) is 0.214. The fraction of sp³-hybridized carbons (Fsp3) is 0.0800. The second kappa shape index (κ2) is 7.88. The second-order valence-electron chi connectivity index (χ2n) is 8.48. The number of nitrogens with two attached hydrogens (primary N) is 1. The van der Waals surface area contributed by atoms with Gasteiger partial charge in [0, 0.05) is 44.2 Å². The van der Waals surface area contributed by atoms with E-state index in [1.54, 1.807) is 18.5 Å². The van der Waals surface area contributed by atoms with Gasteiger partial charge in [0.1, 0.15) is 5.69 Å². The van der Waals surface area contributed by atoms with E-state index in [1.165, 1.54) is 12.1 Å². The molecule has 4 aromatic heterocycles. The predicted octanol–water partition coefficient (Wildman–Crippen LogP) is 3.98. The molecule has 9 nitrogen and oxygen atoms in total. The summed E-state index contributed by atoms with van der Waals surface area (Å²) < 4.78 is 0.961. The monoisotopic (exact) mass is 529 g/mol. The summed E-state index contributed by atoms with van der Waals surface area (Å²) in [6.45, 7) is 2.01. The average molecular weight is 530 g/mol. The van der Waals surface area contributed by atoms with Crippen LogP contribution in [0.4, 0.5) is 5.95 Å². The van der Waals surface area contributed by atoms with Crippen LogP contribution in [0.1, 0.15) is 40.4 Å². The number of rotatable bonds is 5. The highest BCUT2D eigenvalue weighted by Crippen LogP contribution is 2.36. The Hall–Kier alpha value is -4.31. The number of ketones is 1. The van der Waals surface area contributed by atoms with Gasteiger partial charge < -0.3 is 20.1 Å². The van der Waals surface area contributed by atoms with Crippen LogP contribution in [0.15, 0.2) is 59.5 Å². The maximum atomic E-state index is 13.6. The number of hydrogen-bond acceptors (Lipinski definition) is 4. The van der Waals surface area contributed by atoms with Crippen molar-refractivity contribution in [3.63, 3.8) is 0 Å².